The van der Waals surface area contributed by atoms with Crippen LogP contribution in [-0.2, 0) is 15.1 Å². The van der Waals surface area contributed by atoms with E-state index in [4.69, 9.17) is 4.74 Å². The molecule has 0 radical (unpaired) electrons. The third-order valence-electron chi connectivity index (χ3n) is 4.61. The van der Waals surface area contributed by atoms with Gasteiger partial charge >= 0.3 is 5.97 Å². The van der Waals surface area contributed by atoms with E-state index in [1.54, 1.807) is 48.5 Å². The molecule has 0 aliphatic carbocycles. The molecule has 1 aliphatic heterocycles. The topological polar surface area (TPSA) is 70.0 Å². The number of benzene rings is 2. The summed E-state index contributed by atoms with van der Waals surface area (Å²) in [5.41, 5.74) is -0.911. The van der Waals surface area contributed by atoms with Crippen molar-refractivity contribution in [3.05, 3.63) is 71.8 Å². The van der Waals surface area contributed by atoms with Gasteiger partial charge in [0, 0.05) is 13.1 Å². The Bertz CT molecular complexity index is 650. The highest BCUT2D eigenvalue weighted by Crippen LogP contribution is 2.32. The van der Waals surface area contributed by atoms with Crippen LogP contribution in [0.15, 0.2) is 60.7 Å². The average Bonchev–Trinajstić information content (AvgIpc) is 2.68. The minimum Gasteiger partial charge on any atom is -0.458 e. The smallest absolute Gasteiger partial charge is 0.348 e. The molecule has 25 heavy (non-hydrogen) atoms. The van der Waals surface area contributed by atoms with Crippen molar-refractivity contribution in [2.75, 3.05) is 19.8 Å². The van der Waals surface area contributed by atoms with Crippen molar-refractivity contribution < 1.29 is 19.7 Å². The average molecular weight is 341 g/mol. The van der Waals surface area contributed by atoms with Gasteiger partial charge in [0.25, 0.3) is 0 Å². The maximum Gasteiger partial charge on any atom is 0.348 e. The molecule has 0 saturated carbocycles. The fourth-order valence-electron chi connectivity index (χ4n) is 3.24. The van der Waals surface area contributed by atoms with E-state index in [2.05, 4.69) is 0 Å². The quantitative estimate of drug-likeness (QED) is 0.813. The molecule has 3 rings (SSSR count). The van der Waals surface area contributed by atoms with Gasteiger partial charge in [-0.1, -0.05) is 60.7 Å². The van der Waals surface area contributed by atoms with E-state index in [0.717, 1.165) is 19.4 Å². The first-order valence-electron chi connectivity index (χ1n) is 8.52. The first kappa shape index (κ1) is 17.6. The second-order valence-electron chi connectivity index (χ2n) is 6.33. The van der Waals surface area contributed by atoms with E-state index in [1.807, 2.05) is 17.0 Å². The summed E-state index contributed by atoms with van der Waals surface area (Å²) in [5.74, 6) is -0.685. The van der Waals surface area contributed by atoms with Crippen LogP contribution in [0, 0.1) is 0 Å². The largest absolute Gasteiger partial charge is 0.458 e. The van der Waals surface area contributed by atoms with Gasteiger partial charge in [-0.15, -0.1) is 0 Å². The standard InChI is InChI=1S/C20H23NO4/c22-15-21-13-7-12-18(14-21)25-19(23)20(24,16-8-3-1-4-9-16)17-10-5-2-6-11-17/h1-6,8-11,18,22,24H,7,12-15H2/t18-/m1/s1. The lowest BCUT2D eigenvalue weighted by molar-refractivity contribution is -0.171. The monoisotopic (exact) mass is 341 g/mol. The Labute approximate surface area is 147 Å². The number of hydrogen-bond donors (Lipinski definition) is 2. The zero-order valence-corrected chi connectivity index (χ0v) is 14.0. The third kappa shape index (κ3) is 3.74. The predicted molar refractivity (Wildman–Crippen MR) is 93.7 cm³/mol. The number of ether oxygens (including phenoxy) is 1. The maximum absolute atomic E-state index is 13.0. The molecule has 0 aromatic heterocycles. The van der Waals surface area contributed by atoms with Crippen LogP contribution >= 0.6 is 0 Å². The summed E-state index contributed by atoms with van der Waals surface area (Å²) in [6.45, 7) is 1.20. The first-order valence-corrected chi connectivity index (χ1v) is 8.52. The molecular weight excluding hydrogens is 318 g/mol. The van der Waals surface area contributed by atoms with Crippen LogP contribution in [0.5, 0.6) is 0 Å². The third-order valence-corrected chi connectivity index (χ3v) is 4.61. The van der Waals surface area contributed by atoms with Gasteiger partial charge in [0.2, 0.25) is 5.60 Å². The highest BCUT2D eigenvalue weighted by Gasteiger charge is 2.43. The summed E-state index contributed by atoms with van der Waals surface area (Å²) in [6, 6.07) is 17.7. The van der Waals surface area contributed by atoms with Gasteiger partial charge in [0.1, 0.15) is 6.10 Å². The van der Waals surface area contributed by atoms with E-state index in [1.165, 1.54) is 0 Å². The lowest BCUT2D eigenvalue weighted by Gasteiger charge is -2.34. The van der Waals surface area contributed by atoms with Crippen molar-refractivity contribution >= 4 is 5.97 Å². The molecule has 0 bridgehead atoms. The zero-order valence-electron chi connectivity index (χ0n) is 14.0. The van der Waals surface area contributed by atoms with Crippen LogP contribution in [0.1, 0.15) is 24.0 Å². The second kappa shape index (κ2) is 7.78. The summed E-state index contributed by atoms with van der Waals surface area (Å²) in [5, 5.41) is 20.6. The molecule has 0 spiro atoms. The minimum atomic E-state index is -1.86. The van der Waals surface area contributed by atoms with Crippen LogP contribution < -0.4 is 0 Å². The number of carbonyl (C=O) groups excluding carboxylic acids is 1. The Kier molecular flexibility index (Phi) is 5.48. The number of rotatable bonds is 5. The Balaban J connectivity index is 1.88. The van der Waals surface area contributed by atoms with E-state index in [9.17, 15) is 15.0 Å². The molecule has 5 nitrogen and oxygen atoms in total. The molecule has 2 N–H and O–H groups in total. The summed E-state index contributed by atoms with van der Waals surface area (Å²) < 4.78 is 5.66. The molecule has 0 amide bonds. The Morgan fingerprint density at radius 1 is 1.08 bits per heavy atom. The van der Waals surface area contributed by atoms with Crippen LogP contribution in [-0.4, -0.2) is 47.0 Å². The van der Waals surface area contributed by atoms with Gasteiger partial charge in [0.05, 0.1) is 6.73 Å². The van der Waals surface area contributed by atoms with Crippen LogP contribution in [0.2, 0.25) is 0 Å². The first-order chi connectivity index (χ1) is 12.1. The van der Waals surface area contributed by atoms with Crippen molar-refractivity contribution in [3.63, 3.8) is 0 Å². The van der Waals surface area contributed by atoms with E-state index in [-0.39, 0.29) is 12.8 Å². The van der Waals surface area contributed by atoms with E-state index in [0.29, 0.717) is 17.7 Å². The molecule has 0 unspecified atom stereocenters. The SMILES string of the molecule is O=C(O[C@@H]1CCCN(CO)C1)C(O)(c1ccccc1)c1ccccc1. The number of carbonyl (C=O) groups is 1. The summed E-state index contributed by atoms with van der Waals surface area (Å²) in [4.78, 5) is 14.8. The number of aliphatic hydroxyl groups is 2. The van der Waals surface area contributed by atoms with Crippen molar-refractivity contribution in [1.29, 1.82) is 0 Å². The minimum absolute atomic E-state index is 0.0598. The lowest BCUT2D eigenvalue weighted by atomic mass is 9.86. The lowest BCUT2D eigenvalue weighted by Crippen LogP contribution is -2.45. The fourth-order valence-corrected chi connectivity index (χ4v) is 3.24. The summed E-state index contributed by atoms with van der Waals surface area (Å²) in [6.07, 6.45) is 1.22. The zero-order chi connectivity index (χ0) is 17.7. The van der Waals surface area contributed by atoms with Crippen molar-refractivity contribution in [3.8, 4) is 0 Å². The van der Waals surface area contributed by atoms with Crippen LogP contribution in [0.25, 0.3) is 0 Å². The van der Waals surface area contributed by atoms with Gasteiger partial charge in [-0.25, -0.2) is 4.79 Å². The van der Waals surface area contributed by atoms with Gasteiger partial charge < -0.3 is 14.9 Å². The Morgan fingerprint density at radius 2 is 1.64 bits per heavy atom. The molecule has 1 heterocycles. The van der Waals surface area contributed by atoms with Crippen molar-refractivity contribution in [2.24, 2.45) is 0 Å². The number of nitrogens with zero attached hydrogens (tertiary/aromatic N) is 1. The van der Waals surface area contributed by atoms with Gasteiger partial charge in [-0.2, -0.15) is 0 Å². The molecule has 2 aromatic rings. The normalized spacial score (nSPS) is 18.7. The van der Waals surface area contributed by atoms with Crippen molar-refractivity contribution in [2.45, 2.75) is 24.5 Å². The number of esters is 1. The van der Waals surface area contributed by atoms with Gasteiger partial charge in [-0.3, -0.25) is 4.90 Å². The number of hydrogen-bond acceptors (Lipinski definition) is 5. The molecule has 2 aromatic carbocycles. The van der Waals surface area contributed by atoms with Gasteiger partial charge in [-0.05, 0) is 24.0 Å². The van der Waals surface area contributed by atoms with Gasteiger partial charge in [0.15, 0.2) is 0 Å². The fraction of sp³-hybridized carbons (Fsp3) is 0.350. The Morgan fingerprint density at radius 3 is 2.16 bits per heavy atom. The number of likely N-dealkylation sites (tertiary alicyclic amines) is 1. The molecule has 1 saturated heterocycles. The number of aliphatic hydroxyl groups excluding tert-OH is 1. The van der Waals surface area contributed by atoms with Crippen LogP contribution in [0.3, 0.4) is 0 Å². The van der Waals surface area contributed by atoms with E-state index < -0.39 is 11.6 Å². The maximum atomic E-state index is 13.0. The Hall–Kier alpha value is -2.21. The predicted octanol–water partition coefficient (Wildman–Crippen LogP) is 1.88. The second-order valence-corrected chi connectivity index (χ2v) is 6.33. The molecule has 5 heteroatoms. The molecule has 1 fully saturated rings. The molecular formula is C20H23NO4. The highest BCUT2D eigenvalue weighted by molar-refractivity contribution is 5.85. The molecule has 1 aliphatic rings. The summed E-state index contributed by atoms with van der Waals surface area (Å²) in [7, 11) is 0. The molecule has 132 valence electrons. The van der Waals surface area contributed by atoms with Crippen molar-refractivity contribution in [1.82, 2.24) is 4.90 Å². The van der Waals surface area contributed by atoms with E-state index >= 15 is 0 Å². The number of piperidine rings is 1. The molecule has 1 atom stereocenters. The highest BCUT2D eigenvalue weighted by atomic mass is 16.6. The summed E-state index contributed by atoms with van der Waals surface area (Å²) >= 11 is 0. The van der Waals surface area contributed by atoms with Crippen LogP contribution in [0.4, 0.5) is 0 Å².